The van der Waals surface area contributed by atoms with E-state index in [2.05, 4.69) is 181 Å². The Hall–Kier alpha value is -7.08. The number of rotatable bonds is 4. The molecule has 2 aromatic heterocycles. The Morgan fingerprint density at radius 1 is 0.482 bits per heavy atom. The highest BCUT2D eigenvalue weighted by Gasteiger charge is 2.25. The first-order chi connectivity index (χ1) is 27.7. The van der Waals surface area contributed by atoms with Crippen LogP contribution in [0.2, 0.25) is 0 Å². The van der Waals surface area contributed by atoms with Crippen molar-refractivity contribution >= 4 is 97.4 Å². The van der Waals surface area contributed by atoms with Crippen LogP contribution in [0, 0.1) is 0 Å². The zero-order chi connectivity index (χ0) is 36.7. The Labute approximate surface area is 325 Å². The minimum absolute atomic E-state index is 0.370. The van der Waals surface area contributed by atoms with Gasteiger partial charge in [0, 0.05) is 47.6 Å². The van der Waals surface area contributed by atoms with Crippen molar-refractivity contribution in [2.75, 3.05) is 0 Å². The second kappa shape index (κ2) is 12.2. The van der Waals surface area contributed by atoms with Crippen molar-refractivity contribution < 1.29 is 4.42 Å². The van der Waals surface area contributed by atoms with E-state index < -0.39 is 0 Å². The summed E-state index contributed by atoms with van der Waals surface area (Å²) in [7, 11) is 0. The fourth-order valence-electron chi connectivity index (χ4n) is 8.57. The number of thiophene rings is 1. The van der Waals surface area contributed by atoms with E-state index in [-0.39, 0.29) is 6.17 Å². The molecule has 0 bridgehead atoms. The van der Waals surface area contributed by atoms with Gasteiger partial charge in [-0.15, -0.1) is 11.3 Å². The average molecular weight is 734 g/mol. The number of furan rings is 1. The molecule has 1 unspecified atom stereocenters. The molecule has 0 fully saturated rings. The fourth-order valence-corrected chi connectivity index (χ4v) is 9.65. The van der Waals surface area contributed by atoms with Crippen LogP contribution >= 0.6 is 11.3 Å². The highest BCUT2D eigenvalue weighted by atomic mass is 32.1. The van der Waals surface area contributed by atoms with Crippen LogP contribution in [0.5, 0.6) is 0 Å². The number of hydrogen-bond acceptors (Lipinski definition) is 5. The van der Waals surface area contributed by atoms with Gasteiger partial charge in [0.2, 0.25) is 0 Å². The average Bonchev–Trinajstić information content (AvgIpc) is 3.84. The van der Waals surface area contributed by atoms with Crippen molar-refractivity contribution in [2.45, 2.75) is 6.17 Å². The van der Waals surface area contributed by atoms with Crippen molar-refractivity contribution in [2.24, 2.45) is 9.98 Å². The Bertz CT molecular complexity index is 3480. The molecule has 0 amide bonds. The van der Waals surface area contributed by atoms with Crippen molar-refractivity contribution in [1.29, 1.82) is 0 Å². The molecule has 1 N–H and O–H groups in total. The van der Waals surface area contributed by atoms with Crippen molar-refractivity contribution in [1.82, 2.24) is 5.32 Å². The quantitative estimate of drug-likeness (QED) is 0.183. The van der Waals surface area contributed by atoms with E-state index in [1.54, 1.807) is 0 Å². The normalized spacial score (nSPS) is 14.6. The summed E-state index contributed by atoms with van der Waals surface area (Å²) in [6.45, 7) is 0. The lowest BCUT2D eigenvalue weighted by molar-refractivity contribution is 0.669. The van der Waals surface area contributed by atoms with E-state index >= 15 is 0 Å². The largest absolute Gasteiger partial charge is 0.455 e. The fraction of sp³-hybridized carbons (Fsp3) is 0.0196. The molecule has 1 aliphatic heterocycles. The predicted octanol–water partition coefficient (Wildman–Crippen LogP) is 13.6. The molecular formula is C51H31N3OS. The smallest absolute Gasteiger partial charge is 0.160 e. The highest BCUT2D eigenvalue weighted by Crippen LogP contribution is 2.40. The van der Waals surface area contributed by atoms with E-state index in [9.17, 15) is 0 Å². The lowest BCUT2D eigenvalue weighted by atomic mass is 9.98. The maximum absolute atomic E-state index is 6.76. The predicted molar refractivity (Wildman–Crippen MR) is 236 cm³/mol. The van der Waals surface area contributed by atoms with Crippen molar-refractivity contribution in [3.8, 4) is 11.1 Å². The molecular weight excluding hydrogens is 703 g/mol. The summed E-state index contributed by atoms with van der Waals surface area (Å²) < 4.78 is 9.31. The molecule has 12 rings (SSSR count). The van der Waals surface area contributed by atoms with E-state index in [1.165, 1.54) is 52.5 Å². The van der Waals surface area contributed by atoms with Gasteiger partial charge in [-0.2, -0.15) is 0 Å². The van der Waals surface area contributed by atoms with E-state index in [1.807, 2.05) is 11.3 Å². The molecule has 0 radical (unpaired) electrons. The third-order valence-electron chi connectivity index (χ3n) is 11.3. The lowest BCUT2D eigenvalue weighted by Gasteiger charge is -2.24. The first-order valence-electron chi connectivity index (χ1n) is 18.9. The standard InChI is InChI=1S/C51H31N3OS/c1-2-11-33-27-34(23-19-30(33)9-1)38-14-7-15-40-47-41(16-8-17-44(47)55-48(38)40)51-53-49(35-24-22-32-21-20-31-10-3-4-12-37(31)42(32)28-35)52-50(54-51)36-25-26-46-43(29-36)39-13-5-6-18-45(39)56-46/h1-29,50H,(H,52,53,54). The van der Waals surface area contributed by atoms with Crippen molar-refractivity contribution in [3.05, 3.63) is 193 Å². The van der Waals surface area contributed by atoms with Crippen LogP contribution in [0.25, 0.3) is 85.6 Å². The molecule has 262 valence electrons. The molecule has 56 heavy (non-hydrogen) atoms. The molecule has 1 aliphatic rings. The Balaban J connectivity index is 1.06. The molecule has 3 heterocycles. The SMILES string of the molecule is c1ccc2cc(-c3cccc4c3oc3cccc(C5=NC(c6ccc7sc8ccccc8c7c6)NC(c6ccc7ccc8ccccc8c7c6)=N5)c34)ccc2c1. The zero-order valence-electron chi connectivity index (χ0n) is 30.0. The Morgan fingerprint density at radius 2 is 1.18 bits per heavy atom. The van der Waals surface area contributed by atoms with Gasteiger partial charge in [-0.3, -0.25) is 0 Å². The maximum atomic E-state index is 6.76. The number of para-hydroxylation sites is 1. The van der Waals surface area contributed by atoms with Gasteiger partial charge in [0.25, 0.3) is 0 Å². The van der Waals surface area contributed by atoms with Gasteiger partial charge in [-0.1, -0.05) is 140 Å². The van der Waals surface area contributed by atoms with Gasteiger partial charge >= 0.3 is 0 Å². The first kappa shape index (κ1) is 31.3. The molecule has 0 aliphatic carbocycles. The molecule has 11 aromatic rings. The van der Waals surface area contributed by atoms with Crippen LogP contribution in [-0.2, 0) is 0 Å². The molecule has 4 nitrogen and oxygen atoms in total. The lowest BCUT2D eigenvalue weighted by Crippen LogP contribution is -2.33. The second-order valence-electron chi connectivity index (χ2n) is 14.6. The van der Waals surface area contributed by atoms with Gasteiger partial charge in [-0.05, 0) is 79.8 Å². The highest BCUT2D eigenvalue weighted by molar-refractivity contribution is 7.25. The molecule has 0 saturated carbocycles. The van der Waals surface area contributed by atoms with Gasteiger partial charge < -0.3 is 9.73 Å². The first-order valence-corrected chi connectivity index (χ1v) is 19.7. The number of aliphatic imine (C=N–C) groups is 2. The van der Waals surface area contributed by atoms with E-state index in [0.717, 1.165) is 55.6 Å². The van der Waals surface area contributed by atoms with Crippen LogP contribution in [0.4, 0.5) is 0 Å². The third kappa shape index (κ3) is 4.91. The summed E-state index contributed by atoms with van der Waals surface area (Å²) >= 11 is 1.83. The van der Waals surface area contributed by atoms with E-state index in [4.69, 9.17) is 14.4 Å². The summed E-state index contributed by atoms with van der Waals surface area (Å²) in [5, 5.41) is 15.6. The van der Waals surface area contributed by atoms with Gasteiger partial charge in [-0.25, -0.2) is 9.98 Å². The minimum atomic E-state index is -0.370. The van der Waals surface area contributed by atoms with Gasteiger partial charge in [0.05, 0.1) is 0 Å². The number of nitrogens with zero attached hydrogens (tertiary/aromatic N) is 2. The summed E-state index contributed by atoms with van der Waals surface area (Å²) in [6.07, 6.45) is -0.370. The van der Waals surface area contributed by atoms with Crippen LogP contribution in [0.15, 0.2) is 190 Å². The minimum Gasteiger partial charge on any atom is -0.455 e. The molecule has 1 atom stereocenters. The Morgan fingerprint density at radius 3 is 2.11 bits per heavy atom. The molecule has 0 saturated heterocycles. The molecule has 0 spiro atoms. The number of amidine groups is 2. The van der Waals surface area contributed by atoms with E-state index in [0.29, 0.717) is 5.84 Å². The molecule has 5 heteroatoms. The topological polar surface area (TPSA) is 49.9 Å². The number of benzene rings is 9. The van der Waals surface area contributed by atoms with Crippen molar-refractivity contribution in [3.63, 3.8) is 0 Å². The summed E-state index contributed by atoms with van der Waals surface area (Å²) in [6, 6.07) is 62.7. The summed E-state index contributed by atoms with van der Waals surface area (Å²) in [5.74, 6) is 1.45. The van der Waals surface area contributed by atoms with Crippen LogP contribution in [0.3, 0.4) is 0 Å². The number of fused-ring (bicyclic) bond motifs is 10. The zero-order valence-corrected chi connectivity index (χ0v) is 30.8. The van der Waals surface area contributed by atoms with Gasteiger partial charge in [0.1, 0.15) is 23.2 Å². The van der Waals surface area contributed by atoms with Gasteiger partial charge in [0.15, 0.2) is 5.84 Å². The maximum Gasteiger partial charge on any atom is 0.160 e. The van der Waals surface area contributed by atoms with Crippen LogP contribution in [0.1, 0.15) is 22.9 Å². The second-order valence-corrected chi connectivity index (χ2v) is 15.6. The number of nitrogens with one attached hydrogen (secondary N) is 1. The number of hydrogen-bond donors (Lipinski definition) is 1. The summed E-state index contributed by atoms with van der Waals surface area (Å²) in [4.78, 5) is 10.8. The summed E-state index contributed by atoms with van der Waals surface area (Å²) in [5.41, 5.74) is 6.88. The monoisotopic (exact) mass is 733 g/mol. The molecule has 9 aromatic carbocycles. The third-order valence-corrected chi connectivity index (χ3v) is 12.5. The van der Waals surface area contributed by atoms with Crippen LogP contribution in [-0.4, -0.2) is 11.7 Å². The van der Waals surface area contributed by atoms with Crippen LogP contribution < -0.4 is 5.32 Å². The Kier molecular flexibility index (Phi) is 6.83.